The second-order valence-electron chi connectivity index (χ2n) is 5.91. The van der Waals surface area contributed by atoms with E-state index in [4.69, 9.17) is 11.6 Å². The molecule has 1 N–H and O–H groups in total. The van der Waals surface area contributed by atoms with Crippen LogP contribution in [0.15, 0.2) is 30.5 Å². The molecule has 0 spiro atoms. The summed E-state index contributed by atoms with van der Waals surface area (Å²) >= 11 is 6.07. The Bertz CT molecular complexity index is 656. The van der Waals surface area contributed by atoms with Crippen LogP contribution in [0.25, 0.3) is 0 Å². The van der Waals surface area contributed by atoms with Gasteiger partial charge in [-0.1, -0.05) is 50.6 Å². The number of carbonyl (C=O) groups is 1. The van der Waals surface area contributed by atoms with Crippen LogP contribution in [0.3, 0.4) is 0 Å². The number of halogens is 1. The number of hydrogen-bond acceptors (Lipinski definition) is 2. The summed E-state index contributed by atoms with van der Waals surface area (Å²) in [5, 5.41) is 7.41. The lowest BCUT2D eigenvalue weighted by Gasteiger charge is -2.23. The Balaban J connectivity index is 2.35. The van der Waals surface area contributed by atoms with Crippen molar-refractivity contribution in [1.82, 2.24) is 9.78 Å². The Hall–Kier alpha value is -1.81. The molecular formula is C16H20ClN3O. The molecular weight excluding hydrogens is 286 g/mol. The standard InChI is InChI=1S/C16H20ClN3O/c1-5-20-14(12(17)10-18-20)15(21)19-13-9-7-6-8-11(13)16(2,3)4/h6-10H,5H2,1-4H3,(H,19,21). The summed E-state index contributed by atoms with van der Waals surface area (Å²) in [6.07, 6.45) is 1.50. The van der Waals surface area contributed by atoms with Crippen molar-refractivity contribution in [2.45, 2.75) is 39.7 Å². The molecule has 1 aromatic carbocycles. The molecule has 21 heavy (non-hydrogen) atoms. The lowest BCUT2D eigenvalue weighted by molar-refractivity contribution is 0.101. The zero-order valence-electron chi connectivity index (χ0n) is 12.8. The summed E-state index contributed by atoms with van der Waals surface area (Å²) < 4.78 is 1.59. The van der Waals surface area contributed by atoms with E-state index in [0.29, 0.717) is 17.3 Å². The molecule has 112 valence electrons. The molecule has 2 rings (SSSR count). The fraction of sp³-hybridized carbons (Fsp3) is 0.375. The third-order valence-electron chi connectivity index (χ3n) is 3.29. The Morgan fingerprint density at radius 3 is 2.62 bits per heavy atom. The topological polar surface area (TPSA) is 46.9 Å². The predicted molar refractivity (Wildman–Crippen MR) is 86.0 cm³/mol. The second kappa shape index (κ2) is 5.90. The molecule has 0 aliphatic rings. The van der Waals surface area contributed by atoms with Crippen molar-refractivity contribution >= 4 is 23.2 Å². The van der Waals surface area contributed by atoms with Crippen molar-refractivity contribution in [1.29, 1.82) is 0 Å². The van der Waals surface area contributed by atoms with E-state index in [2.05, 4.69) is 31.2 Å². The summed E-state index contributed by atoms with van der Waals surface area (Å²) in [5.41, 5.74) is 2.22. The van der Waals surface area contributed by atoms with Gasteiger partial charge in [0.25, 0.3) is 5.91 Å². The van der Waals surface area contributed by atoms with Crippen LogP contribution in [0, 0.1) is 0 Å². The molecule has 0 fully saturated rings. The Morgan fingerprint density at radius 1 is 1.33 bits per heavy atom. The zero-order valence-corrected chi connectivity index (χ0v) is 13.5. The molecule has 0 unspecified atom stereocenters. The highest BCUT2D eigenvalue weighted by molar-refractivity contribution is 6.34. The zero-order chi connectivity index (χ0) is 15.6. The number of nitrogens with zero attached hydrogens (tertiary/aromatic N) is 2. The Morgan fingerprint density at radius 2 is 2.00 bits per heavy atom. The molecule has 2 aromatic rings. The molecule has 1 aromatic heterocycles. The smallest absolute Gasteiger partial charge is 0.275 e. The quantitative estimate of drug-likeness (QED) is 0.927. The van der Waals surface area contributed by atoms with Crippen molar-refractivity contribution in [3.8, 4) is 0 Å². The highest BCUT2D eigenvalue weighted by Gasteiger charge is 2.21. The first-order valence-electron chi connectivity index (χ1n) is 6.96. The number of hydrogen-bond donors (Lipinski definition) is 1. The molecule has 0 radical (unpaired) electrons. The third kappa shape index (κ3) is 3.27. The summed E-state index contributed by atoms with van der Waals surface area (Å²) in [4.78, 5) is 12.5. The summed E-state index contributed by atoms with van der Waals surface area (Å²) in [6.45, 7) is 8.85. The summed E-state index contributed by atoms with van der Waals surface area (Å²) in [5.74, 6) is -0.240. The van der Waals surface area contributed by atoms with E-state index in [0.717, 1.165) is 11.3 Å². The van der Waals surface area contributed by atoms with Crippen LogP contribution < -0.4 is 5.32 Å². The molecule has 0 atom stereocenters. The maximum absolute atomic E-state index is 12.5. The number of rotatable bonds is 3. The molecule has 1 heterocycles. The van der Waals surface area contributed by atoms with E-state index in [1.807, 2.05) is 31.2 Å². The number of anilines is 1. The highest BCUT2D eigenvalue weighted by atomic mass is 35.5. The molecule has 5 heteroatoms. The van der Waals surface area contributed by atoms with E-state index < -0.39 is 0 Å². The normalized spacial score (nSPS) is 11.5. The van der Waals surface area contributed by atoms with Crippen LogP contribution in [0.5, 0.6) is 0 Å². The molecule has 0 saturated carbocycles. The van der Waals surface area contributed by atoms with Crippen molar-refractivity contribution in [2.75, 3.05) is 5.32 Å². The van der Waals surface area contributed by atoms with Gasteiger partial charge in [0.15, 0.2) is 0 Å². The maximum atomic E-state index is 12.5. The number of carbonyl (C=O) groups excluding carboxylic acids is 1. The van der Waals surface area contributed by atoms with Crippen LogP contribution in [0.1, 0.15) is 43.7 Å². The lowest BCUT2D eigenvalue weighted by Crippen LogP contribution is -2.21. The number of aromatic nitrogens is 2. The monoisotopic (exact) mass is 305 g/mol. The summed E-state index contributed by atoms with van der Waals surface area (Å²) in [6, 6.07) is 7.80. The van der Waals surface area contributed by atoms with Gasteiger partial charge >= 0.3 is 0 Å². The average Bonchev–Trinajstić information content (AvgIpc) is 2.79. The van der Waals surface area contributed by atoms with E-state index in [9.17, 15) is 4.79 Å². The van der Waals surface area contributed by atoms with E-state index in [1.165, 1.54) is 6.20 Å². The van der Waals surface area contributed by atoms with Gasteiger partial charge in [-0.2, -0.15) is 5.10 Å². The van der Waals surface area contributed by atoms with E-state index >= 15 is 0 Å². The molecule has 0 aliphatic heterocycles. The van der Waals surface area contributed by atoms with Crippen LogP contribution in [-0.4, -0.2) is 15.7 Å². The van der Waals surface area contributed by atoms with Crippen molar-refractivity contribution in [3.63, 3.8) is 0 Å². The maximum Gasteiger partial charge on any atom is 0.275 e. The SMILES string of the molecule is CCn1ncc(Cl)c1C(=O)Nc1ccccc1C(C)(C)C. The molecule has 4 nitrogen and oxygen atoms in total. The second-order valence-corrected chi connectivity index (χ2v) is 6.31. The van der Waals surface area contributed by atoms with Crippen molar-refractivity contribution in [2.24, 2.45) is 0 Å². The van der Waals surface area contributed by atoms with Crippen LogP contribution >= 0.6 is 11.6 Å². The fourth-order valence-corrected chi connectivity index (χ4v) is 2.48. The van der Waals surface area contributed by atoms with Gasteiger partial charge in [0, 0.05) is 12.2 Å². The molecule has 0 aliphatic carbocycles. The highest BCUT2D eigenvalue weighted by Crippen LogP contribution is 2.29. The van der Waals surface area contributed by atoms with Crippen LogP contribution in [0.2, 0.25) is 5.02 Å². The molecule has 0 saturated heterocycles. The van der Waals surface area contributed by atoms with Gasteiger partial charge in [0.1, 0.15) is 5.69 Å². The first-order chi connectivity index (χ1) is 9.84. The third-order valence-corrected chi connectivity index (χ3v) is 3.57. The van der Waals surface area contributed by atoms with Gasteiger partial charge in [-0.15, -0.1) is 0 Å². The fourth-order valence-electron chi connectivity index (χ4n) is 2.26. The molecule has 1 amide bonds. The first kappa shape index (κ1) is 15.6. The van der Waals surface area contributed by atoms with Gasteiger partial charge in [-0.3, -0.25) is 9.48 Å². The summed E-state index contributed by atoms with van der Waals surface area (Å²) in [7, 11) is 0. The van der Waals surface area contributed by atoms with Crippen molar-refractivity contribution < 1.29 is 4.79 Å². The lowest BCUT2D eigenvalue weighted by atomic mass is 9.86. The van der Waals surface area contributed by atoms with Crippen molar-refractivity contribution in [3.05, 3.63) is 46.7 Å². The van der Waals surface area contributed by atoms with Crippen LogP contribution in [0.4, 0.5) is 5.69 Å². The van der Waals surface area contributed by atoms with E-state index in [-0.39, 0.29) is 11.3 Å². The minimum Gasteiger partial charge on any atom is -0.320 e. The Kier molecular flexibility index (Phi) is 4.37. The number of benzene rings is 1. The van der Waals surface area contributed by atoms with Gasteiger partial charge < -0.3 is 5.32 Å². The minimum atomic E-state index is -0.240. The molecule has 0 bridgehead atoms. The van der Waals surface area contributed by atoms with Gasteiger partial charge in [0.05, 0.1) is 11.2 Å². The van der Waals surface area contributed by atoms with Gasteiger partial charge in [-0.05, 0) is 24.0 Å². The number of nitrogens with one attached hydrogen (secondary N) is 1. The average molecular weight is 306 g/mol. The predicted octanol–water partition coefficient (Wildman–Crippen LogP) is 4.11. The number of aryl methyl sites for hydroxylation is 1. The number of para-hydroxylation sites is 1. The van der Waals surface area contributed by atoms with E-state index in [1.54, 1.807) is 4.68 Å². The Labute approximate surface area is 130 Å². The van der Waals surface area contributed by atoms with Gasteiger partial charge in [-0.25, -0.2) is 0 Å². The first-order valence-corrected chi connectivity index (χ1v) is 7.34. The largest absolute Gasteiger partial charge is 0.320 e. The number of amides is 1. The minimum absolute atomic E-state index is 0.0569. The van der Waals surface area contributed by atoms with Crippen LogP contribution in [-0.2, 0) is 12.0 Å². The van der Waals surface area contributed by atoms with Gasteiger partial charge in [0.2, 0.25) is 0 Å².